The molecule has 1 aliphatic rings. The molecule has 1 heterocycles. The van der Waals surface area contributed by atoms with Gasteiger partial charge in [-0.05, 0) is 23.0 Å². The van der Waals surface area contributed by atoms with Crippen LogP contribution in [0, 0.1) is 0 Å². The van der Waals surface area contributed by atoms with Gasteiger partial charge in [0, 0.05) is 27.8 Å². The minimum atomic E-state index is -0.416. The number of esters is 1. The van der Waals surface area contributed by atoms with Gasteiger partial charge in [-0.15, -0.1) is 0 Å². The number of rotatable bonds is 4. The third-order valence-electron chi connectivity index (χ3n) is 5.81. The molecule has 0 aromatic heterocycles. The van der Waals surface area contributed by atoms with Crippen molar-refractivity contribution < 1.29 is 28.5 Å². The highest BCUT2D eigenvalue weighted by atomic mass is 16.5. The number of benzene rings is 2. The van der Waals surface area contributed by atoms with Gasteiger partial charge < -0.3 is 23.7 Å². The molecule has 0 atom stereocenters. The number of methoxy groups -OCH3 is 4. The first-order valence-electron chi connectivity index (χ1n) is 10.7. The van der Waals surface area contributed by atoms with Gasteiger partial charge in [0.05, 0.1) is 34.0 Å². The molecule has 6 nitrogen and oxygen atoms in total. The number of cyclic esters (lactones) is 1. The maximum Gasteiger partial charge on any atom is 0.339 e. The van der Waals surface area contributed by atoms with Crippen molar-refractivity contribution in [2.75, 3.05) is 28.4 Å². The first kappa shape index (κ1) is 23.8. The van der Waals surface area contributed by atoms with E-state index < -0.39 is 5.97 Å². The third-order valence-corrected chi connectivity index (χ3v) is 5.81. The monoisotopic (exact) mass is 442 g/mol. The van der Waals surface area contributed by atoms with Gasteiger partial charge in [0.25, 0.3) is 0 Å². The molecule has 0 unspecified atom stereocenters. The van der Waals surface area contributed by atoms with Crippen LogP contribution in [-0.2, 0) is 22.2 Å². The van der Waals surface area contributed by atoms with Crippen molar-refractivity contribution in [1.82, 2.24) is 0 Å². The highest BCUT2D eigenvalue weighted by molar-refractivity contribution is 6.03. The Morgan fingerprint density at radius 2 is 1.12 bits per heavy atom. The third kappa shape index (κ3) is 3.76. The van der Waals surface area contributed by atoms with Crippen LogP contribution in [0.15, 0.2) is 12.1 Å². The molecule has 0 saturated heterocycles. The molecule has 0 fully saturated rings. The summed E-state index contributed by atoms with van der Waals surface area (Å²) in [4.78, 5) is 13.2. The molecule has 2 aromatic carbocycles. The lowest BCUT2D eigenvalue weighted by Gasteiger charge is -2.28. The Morgan fingerprint density at radius 3 is 1.56 bits per heavy atom. The summed E-state index contributed by atoms with van der Waals surface area (Å²) in [5.74, 6) is 1.80. The smallest absolute Gasteiger partial charge is 0.339 e. The summed E-state index contributed by atoms with van der Waals surface area (Å²) < 4.78 is 29.1. The van der Waals surface area contributed by atoms with Crippen molar-refractivity contribution in [2.24, 2.45) is 0 Å². The maximum atomic E-state index is 13.2. The van der Waals surface area contributed by atoms with Crippen molar-refractivity contribution in [3.05, 3.63) is 34.4 Å². The van der Waals surface area contributed by atoms with E-state index in [1.54, 1.807) is 28.4 Å². The van der Waals surface area contributed by atoms with Crippen LogP contribution >= 0.6 is 0 Å². The lowest BCUT2D eigenvalue weighted by atomic mass is 9.80. The summed E-state index contributed by atoms with van der Waals surface area (Å²) in [5.41, 5.74) is 3.85. The van der Waals surface area contributed by atoms with Crippen LogP contribution < -0.4 is 18.9 Å². The first-order chi connectivity index (χ1) is 14.9. The molecule has 0 bridgehead atoms. The predicted molar refractivity (Wildman–Crippen MR) is 125 cm³/mol. The minimum Gasteiger partial charge on any atom is -0.493 e. The molecule has 0 radical (unpaired) electrons. The Labute approximate surface area is 190 Å². The van der Waals surface area contributed by atoms with Crippen LogP contribution in [0.25, 0.3) is 11.1 Å². The largest absolute Gasteiger partial charge is 0.493 e. The van der Waals surface area contributed by atoms with Crippen molar-refractivity contribution in [3.8, 4) is 34.1 Å². The van der Waals surface area contributed by atoms with Crippen molar-refractivity contribution in [1.29, 1.82) is 0 Å². The lowest BCUT2D eigenvalue weighted by molar-refractivity contribution is 0.0478. The fourth-order valence-corrected chi connectivity index (χ4v) is 4.26. The molecule has 0 spiro atoms. The van der Waals surface area contributed by atoms with Gasteiger partial charge in [0.1, 0.15) is 6.61 Å². The zero-order valence-electron chi connectivity index (χ0n) is 20.8. The Bertz CT molecular complexity index is 1050. The number of fused-ring (bicyclic) bond motifs is 3. The number of carbonyl (C=O) groups is 1. The number of hydrogen-bond donors (Lipinski definition) is 0. The Kier molecular flexibility index (Phi) is 6.11. The minimum absolute atomic E-state index is 0.114. The lowest BCUT2D eigenvalue weighted by Crippen LogP contribution is -2.16. The van der Waals surface area contributed by atoms with Gasteiger partial charge in [-0.1, -0.05) is 41.5 Å². The van der Waals surface area contributed by atoms with Gasteiger partial charge in [0.2, 0.25) is 0 Å². The van der Waals surface area contributed by atoms with E-state index in [0.29, 0.717) is 39.7 Å². The van der Waals surface area contributed by atoms with E-state index in [2.05, 4.69) is 41.5 Å². The predicted octanol–water partition coefficient (Wildman–Crippen LogP) is 5.65. The van der Waals surface area contributed by atoms with Crippen LogP contribution in [0.4, 0.5) is 0 Å². The summed E-state index contributed by atoms with van der Waals surface area (Å²) in [7, 11) is 6.41. The molecule has 174 valence electrons. The molecule has 32 heavy (non-hydrogen) atoms. The summed E-state index contributed by atoms with van der Waals surface area (Å²) in [5, 5.41) is 0. The van der Waals surface area contributed by atoms with Gasteiger partial charge in [0.15, 0.2) is 23.0 Å². The SMILES string of the molecule is COc1c(C(C)(C)C)cc2c(c1OC)-c1c(cc(C(C)(C)C)c(OC)c1OC)C(=O)OC2. The first-order valence-corrected chi connectivity index (χ1v) is 10.7. The van der Waals surface area contributed by atoms with Crippen molar-refractivity contribution in [2.45, 2.75) is 59.0 Å². The van der Waals surface area contributed by atoms with E-state index in [1.165, 1.54) is 0 Å². The van der Waals surface area contributed by atoms with E-state index in [1.807, 2.05) is 12.1 Å². The van der Waals surface area contributed by atoms with Crippen LogP contribution in [0.1, 0.15) is 68.6 Å². The van der Waals surface area contributed by atoms with E-state index >= 15 is 0 Å². The average Bonchev–Trinajstić information content (AvgIpc) is 2.86. The zero-order chi connectivity index (χ0) is 24.0. The molecule has 6 heteroatoms. The number of ether oxygens (including phenoxy) is 5. The second-order valence-electron chi connectivity index (χ2n) is 10.0. The highest BCUT2D eigenvalue weighted by Gasteiger charge is 2.36. The Morgan fingerprint density at radius 1 is 0.688 bits per heavy atom. The fourth-order valence-electron chi connectivity index (χ4n) is 4.26. The molecule has 1 aliphatic heterocycles. The quantitative estimate of drug-likeness (QED) is 0.570. The van der Waals surface area contributed by atoms with Gasteiger partial charge in [-0.3, -0.25) is 0 Å². The summed E-state index contributed by atoms with van der Waals surface area (Å²) >= 11 is 0. The molecule has 0 saturated carbocycles. The van der Waals surface area contributed by atoms with Gasteiger partial charge in [-0.2, -0.15) is 0 Å². The van der Waals surface area contributed by atoms with E-state index in [0.717, 1.165) is 16.7 Å². The second kappa shape index (κ2) is 8.23. The fraction of sp³-hybridized carbons (Fsp3) is 0.500. The number of hydrogen-bond acceptors (Lipinski definition) is 6. The molecule has 0 amide bonds. The average molecular weight is 443 g/mol. The summed E-state index contributed by atoms with van der Waals surface area (Å²) in [6, 6.07) is 3.88. The summed E-state index contributed by atoms with van der Waals surface area (Å²) in [6.45, 7) is 12.6. The highest BCUT2D eigenvalue weighted by Crippen LogP contribution is 2.54. The maximum absolute atomic E-state index is 13.2. The molecule has 2 aromatic rings. The van der Waals surface area contributed by atoms with Crippen molar-refractivity contribution >= 4 is 5.97 Å². The normalized spacial score (nSPS) is 13.5. The molecular formula is C26H34O6. The van der Waals surface area contributed by atoms with E-state index in [4.69, 9.17) is 23.7 Å². The molecular weight excluding hydrogens is 408 g/mol. The van der Waals surface area contributed by atoms with Crippen LogP contribution in [-0.4, -0.2) is 34.4 Å². The topological polar surface area (TPSA) is 63.2 Å². The Balaban J connectivity index is 2.56. The van der Waals surface area contributed by atoms with Crippen molar-refractivity contribution in [3.63, 3.8) is 0 Å². The van der Waals surface area contributed by atoms with Gasteiger partial charge in [-0.25, -0.2) is 4.79 Å². The van der Waals surface area contributed by atoms with Gasteiger partial charge >= 0.3 is 5.97 Å². The van der Waals surface area contributed by atoms with Crippen LogP contribution in [0.5, 0.6) is 23.0 Å². The van der Waals surface area contributed by atoms with Crippen LogP contribution in [0.2, 0.25) is 0 Å². The standard InChI is InChI=1S/C26H34O6/c1-25(2,3)16-11-14-13-32-24(27)15-12-17(26(4,5)6)21(29-8)23(31-10)19(15)18(14)22(30-9)20(16)28-7/h11-12H,13H2,1-10H3. The molecule has 0 N–H and O–H groups in total. The second-order valence-corrected chi connectivity index (χ2v) is 10.0. The Hall–Kier alpha value is -2.89. The van der Waals surface area contributed by atoms with E-state index in [9.17, 15) is 4.79 Å². The molecule has 3 rings (SSSR count). The van der Waals surface area contributed by atoms with Crippen LogP contribution in [0.3, 0.4) is 0 Å². The molecule has 0 aliphatic carbocycles. The van der Waals surface area contributed by atoms with E-state index in [-0.39, 0.29) is 17.4 Å². The summed E-state index contributed by atoms with van der Waals surface area (Å²) in [6.07, 6.45) is 0. The zero-order valence-corrected chi connectivity index (χ0v) is 20.8. The number of carbonyl (C=O) groups excluding carboxylic acids is 1.